The van der Waals surface area contributed by atoms with Crippen LogP contribution in [0.25, 0.3) is 5.65 Å². The summed E-state index contributed by atoms with van der Waals surface area (Å²) >= 11 is 0. The number of carbonyl (C=O) groups is 2. The molecule has 0 unspecified atom stereocenters. The maximum atomic E-state index is 12.4. The van der Waals surface area contributed by atoms with Gasteiger partial charge in [-0.3, -0.25) is 9.59 Å². The van der Waals surface area contributed by atoms with Crippen molar-refractivity contribution < 1.29 is 14.7 Å². The molecule has 2 aromatic heterocycles. The minimum Gasteiger partial charge on any atom is -0.481 e. The van der Waals surface area contributed by atoms with Gasteiger partial charge in [-0.1, -0.05) is 13.8 Å². The Balaban J connectivity index is 2.28. The highest BCUT2D eigenvalue weighted by atomic mass is 16.4. The van der Waals surface area contributed by atoms with Gasteiger partial charge in [0.1, 0.15) is 5.56 Å². The smallest absolute Gasteiger partial charge is 0.305 e. The Kier molecular flexibility index (Phi) is 4.21. The van der Waals surface area contributed by atoms with Crippen molar-refractivity contribution in [2.45, 2.75) is 38.6 Å². The minimum absolute atomic E-state index is 0.113. The molecular weight excluding hydrogens is 272 g/mol. The normalized spacial score (nSPS) is 11.5. The highest BCUT2D eigenvalue weighted by Gasteiger charge is 2.32. The predicted molar refractivity (Wildman–Crippen MR) is 76.0 cm³/mol. The number of aromatic nitrogens is 3. The molecule has 2 rings (SSSR count). The number of carboxylic acid groups (broad SMARTS) is 1. The monoisotopic (exact) mass is 290 g/mol. The SMILES string of the molecule is CCC(CC)(CC(=O)O)NC(=O)c1cnn2cccnc12. The first-order valence-electron chi connectivity index (χ1n) is 6.84. The van der Waals surface area contributed by atoms with Crippen LogP contribution >= 0.6 is 0 Å². The molecule has 0 bridgehead atoms. The number of nitrogens with one attached hydrogen (secondary N) is 1. The van der Waals surface area contributed by atoms with Crippen molar-refractivity contribution in [2.75, 3.05) is 0 Å². The topological polar surface area (TPSA) is 96.6 Å². The van der Waals surface area contributed by atoms with E-state index in [1.165, 1.54) is 10.7 Å². The number of fused-ring (bicyclic) bond motifs is 1. The van der Waals surface area contributed by atoms with Crippen molar-refractivity contribution >= 4 is 17.5 Å². The number of hydrogen-bond donors (Lipinski definition) is 2. The first kappa shape index (κ1) is 15.0. The summed E-state index contributed by atoms with van der Waals surface area (Å²) in [4.78, 5) is 27.6. The molecule has 0 atom stereocenters. The van der Waals surface area contributed by atoms with Crippen molar-refractivity contribution in [3.63, 3.8) is 0 Å². The lowest BCUT2D eigenvalue weighted by molar-refractivity contribution is -0.138. The summed E-state index contributed by atoms with van der Waals surface area (Å²) in [5, 5.41) is 15.9. The summed E-state index contributed by atoms with van der Waals surface area (Å²) in [6.45, 7) is 3.72. The molecule has 0 aliphatic carbocycles. The van der Waals surface area contributed by atoms with E-state index in [1.54, 1.807) is 18.5 Å². The predicted octanol–water partition coefficient (Wildman–Crippen LogP) is 1.49. The third-order valence-corrected chi connectivity index (χ3v) is 3.75. The van der Waals surface area contributed by atoms with E-state index < -0.39 is 11.5 Å². The number of amides is 1. The van der Waals surface area contributed by atoms with E-state index in [4.69, 9.17) is 5.11 Å². The van der Waals surface area contributed by atoms with Crippen molar-refractivity contribution in [3.8, 4) is 0 Å². The van der Waals surface area contributed by atoms with E-state index in [1.807, 2.05) is 13.8 Å². The molecule has 2 heterocycles. The second kappa shape index (κ2) is 5.90. The Morgan fingerprint density at radius 3 is 2.71 bits per heavy atom. The van der Waals surface area contributed by atoms with Crippen LogP contribution in [0.2, 0.25) is 0 Å². The van der Waals surface area contributed by atoms with Crippen molar-refractivity contribution in [1.82, 2.24) is 19.9 Å². The van der Waals surface area contributed by atoms with Gasteiger partial charge in [-0.25, -0.2) is 9.50 Å². The molecule has 21 heavy (non-hydrogen) atoms. The Hall–Kier alpha value is -2.44. The number of carboxylic acids is 1. The van der Waals surface area contributed by atoms with Crippen LogP contribution in [0.3, 0.4) is 0 Å². The van der Waals surface area contributed by atoms with Crippen molar-refractivity contribution in [2.24, 2.45) is 0 Å². The summed E-state index contributed by atoms with van der Waals surface area (Å²) in [6, 6.07) is 1.72. The van der Waals surface area contributed by atoms with Crippen molar-refractivity contribution in [3.05, 3.63) is 30.2 Å². The summed E-state index contributed by atoms with van der Waals surface area (Å²) in [5.74, 6) is -1.29. The van der Waals surface area contributed by atoms with Gasteiger partial charge in [-0.15, -0.1) is 0 Å². The number of nitrogens with zero attached hydrogens (tertiary/aromatic N) is 3. The van der Waals surface area contributed by atoms with E-state index in [9.17, 15) is 9.59 Å². The molecule has 0 fully saturated rings. The van der Waals surface area contributed by atoms with Crippen LogP contribution in [0, 0.1) is 0 Å². The summed E-state index contributed by atoms with van der Waals surface area (Å²) in [7, 11) is 0. The molecule has 0 aliphatic heterocycles. The number of hydrogen-bond acceptors (Lipinski definition) is 4. The fourth-order valence-electron chi connectivity index (χ4n) is 2.31. The van der Waals surface area contributed by atoms with E-state index in [2.05, 4.69) is 15.4 Å². The third-order valence-electron chi connectivity index (χ3n) is 3.75. The zero-order valence-electron chi connectivity index (χ0n) is 12.0. The van der Waals surface area contributed by atoms with Crippen LogP contribution in [-0.4, -0.2) is 37.1 Å². The lowest BCUT2D eigenvalue weighted by Gasteiger charge is -2.31. The molecule has 2 N–H and O–H groups in total. The lowest BCUT2D eigenvalue weighted by atomic mass is 9.88. The molecule has 0 aromatic carbocycles. The molecule has 1 amide bonds. The highest BCUT2D eigenvalue weighted by molar-refractivity contribution is 6.00. The summed E-state index contributed by atoms with van der Waals surface area (Å²) < 4.78 is 1.51. The molecule has 2 aromatic rings. The standard InChI is InChI=1S/C14H18N4O3/c1-3-14(4-2,8-11(19)20)17-13(21)10-9-16-18-7-5-6-15-12(10)18/h5-7,9H,3-4,8H2,1-2H3,(H,17,21)(H,19,20). The molecule has 7 nitrogen and oxygen atoms in total. The van der Waals surface area contributed by atoms with Gasteiger partial charge in [-0.05, 0) is 18.9 Å². The summed E-state index contributed by atoms with van der Waals surface area (Å²) in [6.07, 6.45) is 5.68. The van der Waals surface area contributed by atoms with E-state index in [0.717, 1.165) is 0 Å². The molecule has 7 heteroatoms. The lowest BCUT2D eigenvalue weighted by Crippen LogP contribution is -2.49. The Labute approximate surface area is 122 Å². The fourth-order valence-corrected chi connectivity index (χ4v) is 2.31. The maximum absolute atomic E-state index is 12.4. The molecule has 0 saturated heterocycles. The number of rotatable bonds is 6. The number of aliphatic carboxylic acids is 1. The van der Waals surface area contributed by atoms with Crippen molar-refractivity contribution in [1.29, 1.82) is 0 Å². The average molecular weight is 290 g/mol. The molecule has 0 radical (unpaired) electrons. The average Bonchev–Trinajstić information content (AvgIpc) is 2.90. The second-order valence-corrected chi connectivity index (χ2v) is 4.96. The largest absolute Gasteiger partial charge is 0.481 e. The van der Waals surface area contributed by atoms with Gasteiger partial charge in [0, 0.05) is 12.4 Å². The first-order valence-corrected chi connectivity index (χ1v) is 6.84. The van der Waals surface area contributed by atoms with Crippen LogP contribution in [-0.2, 0) is 4.79 Å². The van der Waals surface area contributed by atoms with Gasteiger partial charge in [0.15, 0.2) is 5.65 Å². The highest BCUT2D eigenvalue weighted by Crippen LogP contribution is 2.21. The Bertz CT molecular complexity index is 661. The zero-order chi connectivity index (χ0) is 15.5. The van der Waals surface area contributed by atoms with Gasteiger partial charge >= 0.3 is 5.97 Å². The van der Waals surface area contributed by atoms with Crippen LogP contribution in [0.1, 0.15) is 43.5 Å². The van der Waals surface area contributed by atoms with Crippen LogP contribution in [0.4, 0.5) is 0 Å². The molecule has 0 aliphatic rings. The summed E-state index contributed by atoms with van der Waals surface area (Å²) in [5.41, 5.74) is 0.0325. The van der Waals surface area contributed by atoms with Gasteiger partial charge in [0.25, 0.3) is 5.91 Å². The van der Waals surface area contributed by atoms with Gasteiger partial charge in [0.05, 0.1) is 18.2 Å². The second-order valence-electron chi connectivity index (χ2n) is 4.96. The van der Waals surface area contributed by atoms with Gasteiger partial charge in [0.2, 0.25) is 0 Å². The van der Waals surface area contributed by atoms with Crippen LogP contribution < -0.4 is 5.32 Å². The number of carbonyl (C=O) groups excluding carboxylic acids is 1. The molecule has 0 saturated carbocycles. The maximum Gasteiger partial charge on any atom is 0.305 e. The first-order chi connectivity index (χ1) is 10.0. The van der Waals surface area contributed by atoms with Gasteiger partial charge < -0.3 is 10.4 Å². The molecule has 112 valence electrons. The molecular formula is C14H18N4O3. The van der Waals surface area contributed by atoms with E-state index in [-0.39, 0.29) is 12.3 Å². The minimum atomic E-state index is -0.933. The zero-order valence-corrected chi connectivity index (χ0v) is 12.0. The van der Waals surface area contributed by atoms with Crippen LogP contribution in [0.15, 0.2) is 24.7 Å². The van der Waals surface area contributed by atoms with E-state index in [0.29, 0.717) is 24.1 Å². The van der Waals surface area contributed by atoms with Gasteiger partial charge in [-0.2, -0.15) is 5.10 Å². The van der Waals surface area contributed by atoms with Crippen LogP contribution in [0.5, 0.6) is 0 Å². The molecule has 0 spiro atoms. The third kappa shape index (κ3) is 3.01. The Morgan fingerprint density at radius 2 is 2.10 bits per heavy atom. The van der Waals surface area contributed by atoms with E-state index >= 15 is 0 Å². The Morgan fingerprint density at radius 1 is 1.38 bits per heavy atom. The fraction of sp³-hybridized carbons (Fsp3) is 0.429. The quantitative estimate of drug-likeness (QED) is 0.840.